The van der Waals surface area contributed by atoms with Crippen LogP contribution in [-0.2, 0) is 26.1 Å². The molecule has 1 heterocycles. The van der Waals surface area contributed by atoms with Crippen LogP contribution in [0, 0.1) is 0 Å². The van der Waals surface area contributed by atoms with Crippen molar-refractivity contribution >= 4 is 21.6 Å². The topological polar surface area (TPSA) is 80.2 Å². The minimum atomic E-state index is -3.52. The zero-order valence-electron chi connectivity index (χ0n) is 15.9. The molecule has 2 N–H and O–H groups in total. The number of carbonyl (C=O) groups excluding carboxylic acids is 1. The van der Waals surface area contributed by atoms with Crippen LogP contribution in [0.4, 0.5) is 5.69 Å². The predicted octanol–water partition coefficient (Wildman–Crippen LogP) is 0.361. The molecule has 8 heteroatoms. The molecule has 2 aromatic rings. The number of nitrogens with zero attached hydrogens (tertiary/aromatic N) is 1. The molecule has 1 unspecified atom stereocenters. The molecule has 0 saturated carbocycles. The van der Waals surface area contributed by atoms with Crippen molar-refractivity contribution < 1.29 is 22.8 Å². The lowest BCUT2D eigenvalue weighted by Crippen LogP contribution is -3.08. The smallest absolute Gasteiger partial charge is 0.279 e. The van der Waals surface area contributed by atoms with E-state index in [0.29, 0.717) is 38.5 Å². The van der Waals surface area contributed by atoms with Crippen molar-refractivity contribution in [3.63, 3.8) is 0 Å². The Bertz CT molecular complexity index is 879. The molecular formula is C20H26N3O4S+. The lowest BCUT2D eigenvalue weighted by atomic mass is 10.2. The Morgan fingerprint density at radius 3 is 2.36 bits per heavy atom. The summed E-state index contributed by atoms with van der Waals surface area (Å²) in [4.78, 5) is 13.6. The van der Waals surface area contributed by atoms with Gasteiger partial charge in [-0.25, -0.2) is 8.42 Å². The Labute approximate surface area is 166 Å². The first-order valence-electron chi connectivity index (χ1n) is 9.28. The molecular weight excluding hydrogens is 378 g/mol. The van der Waals surface area contributed by atoms with E-state index in [0.717, 1.165) is 11.4 Å². The summed E-state index contributed by atoms with van der Waals surface area (Å²) in [7, 11) is -1.56. The maximum atomic E-state index is 12.6. The molecule has 1 aliphatic heterocycles. The van der Waals surface area contributed by atoms with Crippen LogP contribution in [0.25, 0.3) is 0 Å². The summed E-state index contributed by atoms with van der Waals surface area (Å²) in [5, 5.41) is 2.83. The molecule has 7 nitrogen and oxygen atoms in total. The van der Waals surface area contributed by atoms with Crippen molar-refractivity contribution in [1.82, 2.24) is 4.31 Å². The van der Waals surface area contributed by atoms with Gasteiger partial charge in [0.25, 0.3) is 5.91 Å². The Morgan fingerprint density at radius 1 is 1.07 bits per heavy atom. The quantitative estimate of drug-likeness (QED) is 0.699. The summed E-state index contributed by atoms with van der Waals surface area (Å²) in [5.41, 5.74) is 1.75. The number of quaternary nitrogens is 1. The highest BCUT2D eigenvalue weighted by Crippen LogP contribution is 2.19. The van der Waals surface area contributed by atoms with Crippen LogP contribution in [0.2, 0.25) is 0 Å². The molecule has 0 aromatic heterocycles. The fraction of sp³-hybridized carbons (Fsp3) is 0.350. The Balaban J connectivity index is 1.55. The number of sulfonamides is 1. The lowest BCUT2D eigenvalue weighted by Gasteiger charge is -2.26. The molecule has 2 aromatic carbocycles. The number of nitrogens with one attached hydrogen (secondary N) is 2. The summed E-state index contributed by atoms with van der Waals surface area (Å²) in [6.45, 7) is 2.61. The summed E-state index contributed by atoms with van der Waals surface area (Å²) in [6, 6.07) is 16.3. The minimum absolute atomic E-state index is 0.114. The van der Waals surface area contributed by atoms with Crippen LogP contribution in [-0.4, -0.2) is 58.5 Å². The van der Waals surface area contributed by atoms with Crippen LogP contribution >= 0.6 is 0 Å². The molecule has 1 aliphatic rings. The molecule has 1 saturated heterocycles. The van der Waals surface area contributed by atoms with Gasteiger partial charge in [0.05, 0.1) is 25.2 Å². The Morgan fingerprint density at radius 2 is 1.71 bits per heavy atom. The maximum absolute atomic E-state index is 12.6. The fourth-order valence-corrected chi connectivity index (χ4v) is 4.54. The zero-order chi connectivity index (χ0) is 20.0. The normalized spacial score (nSPS) is 16.5. The lowest BCUT2D eigenvalue weighted by molar-refractivity contribution is -0.885. The molecule has 1 fully saturated rings. The van der Waals surface area contributed by atoms with Gasteiger partial charge in [0, 0.05) is 24.3 Å². The van der Waals surface area contributed by atoms with E-state index in [9.17, 15) is 13.2 Å². The number of hydrogen-bond acceptors (Lipinski definition) is 4. The third kappa shape index (κ3) is 5.39. The number of amides is 1. The second-order valence-corrected chi connectivity index (χ2v) is 8.82. The molecule has 3 rings (SSSR count). The summed E-state index contributed by atoms with van der Waals surface area (Å²) >= 11 is 0. The molecule has 0 bridgehead atoms. The third-order valence-corrected chi connectivity index (χ3v) is 6.47. The molecule has 0 aliphatic carbocycles. The van der Waals surface area contributed by atoms with E-state index >= 15 is 0 Å². The number of carbonyl (C=O) groups is 1. The van der Waals surface area contributed by atoms with Gasteiger partial charge in [-0.05, 0) is 24.3 Å². The van der Waals surface area contributed by atoms with Gasteiger partial charge in [0.15, 0.2) is 6.54 Å². The van der Waals surface area contributed by atoms with Crippen LogP contribution in [0.15, 0.2) is 59.5 Å². The van der Waals surface area contributed by atoms with Crippen molar-refractivity contribution in [2.75, 3.05) is 45.2 Å². The number of rotatable bonds is 7. The largest absolute Gasteiger partial charge is 0.379 e. The van der Waals surface area contributed by atoms with E-state index in [1.807, 2.05) is 37.4 Å². The molecule has 28 heavy (non-hydrogen) atoms. The highest BCUT2D eigenvalue weighted by atomic mass is 32.2. The van der Waals surface area contributed by atoms with Gasteiger partial charge in [0.1, 0.15) is 6.54 Å². The van der Waals surface area contributed by atoms with E-state index in [1.165, 1.54) is 22.0 Å². The van der Waals surface area contributed by atoms with Crippen molar-refractivity contribution in [2.24, 2.45) is 0 Å². The van der Waals surface area contributed by atoms with Gasteiger partial charge in [-0.2, -0.15) is 4.31 Å². The van der Waals surface area contributed by atoms with Crippen LogP contribution < -0.4 is 10.2 Å². The molecule has 0 spiro atoms. The van der Waals surface area contributed by atoms with Crippen LogP contribution in [0.5, 0.6) is 0 Å². The van der Waals surface area contributed by atoms with E-state index in [-0.39, 0.29) is 10.8 Å². The number of anilines is 1. The number of ether oxygens (including phenoxy) is 1. The van der Waals surface area contributed by atoms with E-state index in [1.54, 1.807) is 12.1 Å². The number of hydrogen-bond donors (Lipinski definition) is 2. The van der Waals surface area contributed by atoms with Gasteiger partial charge >= 0.3 is 0 Å². The summed E-state index contributed by atoms with van der Waals surface area (Å²) < 4.78 is 31.9. The van der Waals surface area contributed by atoms with Crippen molar-refractivity contribution in [3.8, 4) is 0 Å². The zero-order valence-corrected chi connectivity index (χ0v) is 16.7. The molecule has 0 radical (unpaired) electrons. The van der Waals surface area contributed by atoms with Crippen molar-refractivity contribution in [2.45, 2.75) is 11.4 Å². The summed E-state index contributed by atoms with van der Waals surface area (Å²) in [6.07, 6.45) is 0. The van der Waals surface area contributed by atoms with E-state index < -0.39 is 10.0 Å². The van der Waals surface area contributed by atoms with Crippen molar-refractivity contribution in [1.29, 1.82) is 0 Å². The van der Waals surface area contributed by atoms with Crippen LogP contribution in [0.3, 0.4) is 0 Å². The first kappa shape index (κ1) is 20.5. The standard InChI is InChI=1S/C20H25N3O4S/c1-22(15-17-5-3-2-4-6-17)16-20(24)21-18-7-9-19(10-8-18)28(25,26)23-11-13-27-14-12-23/h2-10H,11-16H2,1H3,(H,21,24)/p+1. The Hall–Kier alpha value is -2.26. The SMILES string of the molecule is C[NH+](CC(=O)Nc1ccc(S(=O)(=O)N2CCOCC2)cc1)Cc1ccccc1. The number of morpholine rings is 1. The van der Waals surface area contributed by atoms with Gasteiger partial charge < -0.3 is 15.0 Å². The second kappa shape index (κ2) is 9.29. The van der Waals surface area contributed by atoms with Crippen LogP contribution in [0.1, 0.15) is 5.56 Å². The maximum Gasteiger partial charge on any atom is 0.279 e. The third-order valence-electron chi connectivity index (χ3n) is 4.56. The van der Waals surface area contributed by atoms with Gasteiger partial charge in [-0.3, -0.25) is 4.79 Å². The van der Waals surface area contributed by atoms with Gasteiger partial charge in [0.2, 0.25) is 10.0 Å². The minimum Gasteiger partial charge on any atom is -0.379 e. The number of likely N-dealkylation sites (N-methyl/N-ethyl adjacent to an activating group) is 1. The predicted molar refractivity (Wildman–Crippen MR) is 107 cm³/mol. The van der Waals surface area contributed by atoms with Crippen molar-refractivity contribution in [3.05, 3.63) is 60.2 Å². The van der Waals surface area contributed by atoms with Gasteiger partial charge in [-0.15, -0.1) is 0 Å². The monoisotopic (exact) mass is 404 g/mol. The molecule has 1 atom stereocenters. The second-order valence-electron chi connectivity index (χ2n) is 6.89. The highest BCUT2D eigenvalue weighted by molar-refractivity contribution is 7.89. The fourth-order valence-electron chi connectivity index (χ4n) is 3.13. The van der Waals surface area contributed by atoms with E-state index in [2.05, 4.69) is 5.32 Å². The average molecular weight is 405 g/mol. The molecule has 1 amide bonds. The van der Waals surface area contributed by atoms with E-state index in [4.69, 9.17) is 4.74 Å². The highest BCUT2D eigenvalue weighted by Gasteiger charge is 2.26. The molecule has 150 valence electrons. The Kier molecular flexibility index (Phi) is 6.79. The first-order valence-corrected chi connectivity index (χ1v) is 10.7. The number of benzene rings is 2. The average Bonchev–Trinajstić information content (AvgIpc) is 2.69. The van der Waals surface area contributed by atoms with Gasteiger partial charge in [-0.1, -0.05) is 30.3 Å². The summed E-state index contributed by atoms with van der Waals surface area (Å²) in [5.74, 6) is -0.114. The first-order chi connectivity index (χ1) is 13.4.